The largest absolute Gasteiger partial charge is 0.508 e. The van der Waals surface area contributed by atoms with E-state index in [9.17, 15) is 5.11 Å². The van der Waals surface area contributed by atoms with Gasteiger partial charge in [0.1, 0.15) is 5.75 Å². The minimum Gasteiger partial charge on any atom is -0.508 e. The Morgan fingerprint density at radius 3 is 3.11 bits per heavy atom. The average molecular weight is 270 g/mol. The molecule has 3 nitrogen and oxygen atoms in total. The molecule has 18 heavy (non-hydrogen) atoms. The van der Waals surface area contributed by atoms with Crippen LogP contribution in [-0.4, -0.2) is 35.8 Å². The van der Waals surface area contributed by atoms with Crippen LogP contribution in [0.3, 0.4) is 0 Å². The maximum Gasteiger partial charge on any atom is 0.120 e. The molecule has 1 N–H and O–H groups in total. The lowest BCUT2D eigenvalue weighted by Crippen LogP contribution is -2.39. The Morgan fingerprint density at radius 2 is 2.33 bits per heavy atom. The van der Waals surface area contributed by atoms with Crippen molar-refractivity contribution in [3.63, 3.8) is 0 Å². The lowest BCUT2D eigenvalue weighted by atomic mass is 10.1. The summed E-state index contributed by atoms with van der Waals surface area (Å²) < 4.78 is 5.67. The molecule has 1 atom stereocenters. The number of benzene rings is 1. The summed E-state index contributed by atoms with van der Waals surface area (Å²) >= 11 is 5.96. The number of phenols is 1. The highest BCUT2D eigenvalue weighted by molar-refractivity contribution is 6.30. The van der Waals surface area contributed by atoms with Gasteiger partial charge in [-0.15, -0.1) is 0 Å². The molecule has 0 aromatic heterocycles. The Labute approximate surface area is 113 Å². The van der Waals surface area contributed by atoms with Gasteiger partial charge in [0.15, 0.2) is 0 Å². The molecule has 0 radical (unpaired) electrons. The smallest absolute Gasteiger partial charge is 0.120 e. The van der Waals surface area contributed by atoms with Gasteiger partial charge in [-0.1, -0.05) is 11.6 Å². The second-order valence-corrected chi connectivity index (χ2v) is 5.16. The molecule has 0 saturated carbocycles. The second kappa shape index (κ2) is 6.41. The predicted molar refractivity (Wildman–Crippen MR) is 73.0 cm³/mol. The van der Waals surface area contributed by atoms with E-state index >= 15 is 0 Å². The molecular weight excluding hydrogens is 250 g/mol. The highest BCUT2D eigenvalue weighted by Crippen LogP contribution is 2.24. The molecule has 1 saturated heterocycles. The molecule has 0 amide bonds. The fraction of sp³-hybridized carbons (Fsp3) is 0.571. The third kappa shape index (κ3) is 3.61. The molecular formula is C14H20ClNO2. The number of hydrogen-bond acceptors (Lipinski definition) is 3. The molecule has 0 spiro atoms. The predicted octanol–water partition coefficient (Wildman–Crippen LogP) is 3.05. The normalized spacial score (nSPS) is 21.1. The number of phenolic OH excluding ortho intramolecular Hbond substituents is 1. The number of aromatic hydroxyl groups is 1. The Morgan fingerprint density at radius 1 is 1.50 bits per heavy atom. The van der Waals surface area contributed by atoms with E-state index in [0.717, 1.165) is 44.6 Å². The lowest BCUT2D eigenvalue weighted by molar-refractivity contribution is 0.00346. The van der Waals surface area contributed by atoms with Crippen LogP contribution in [-0.2, 0) is 11.3 Å². The van der Waals surface area contributed by atoms with Crippen molar-refractivity contribution < 1.29 is 9.84 Å². The molecule has 1 fully saturated rings. The van der Waals surface area contributed by atoms with Gasteiger partial charge in [-0.3, -0.25) is 4.90 Å². The zero-order valence-electron chi connectivity index (χ0n) is 10.7. The van der Waals surface area contributed by atoms with Crippen molar-refractivity contribution in [2.75, 3.05) is 19.7 Å². The highest BCUT2D eigenvalue weighted by atomic mass is 35.5. The SMILES string of the molecule is CCOC1CCCN(Cc2cc(Cl)ccc2O)C1. The van der Waals surface area contributed by atoms with E-state index in [4.69, 9.17) is 16.3 Å². The number of hydrogen-bond donors (Lipinski definition) is 1. The fourth-order valence-electron chi connectivity index (χ4n) is 2.45. The maximum absolute atomic E-state index is 9.82. The quantitative estimate of drug-likeness (QED) is 0.912. The minimum absolute atomic E-state index is 0.318. The first kappa shape index (κ1) is 13.7. The zero-order valence-corrected chi connectivity index (χ0v) is 11.5. The third-order valence-corrected chi connectivity index (χ3v) is 3.54. The van der Waals surface area contributed by atoms with Crippen molar-refractivity contribution in [2.45, 2.75) is 32.4 Å². The van der Waals surface area contributed by atoms with Crippen molar-refractivity contribution in [1.29, 1.82) is 0 Å². The van der Waals surface area contributed by atoms with Crippen LogP contribution < -0.4 is 0 Å². The molecule has 1 aliphatic rings. The van der Waals surface area contributed by atoms with Crippen LogP contribution in [0.4, 0.5) is 0 Å². The molecule has 2 rings (SSSR count). The molecule has 100 valence electrons. The van der Waals surface area contributed by atoms with Crippen molar-refractivity contribution in [3.8, 4) is 5.75 Å². The van der Waals surface area contributed by atoms with Crippen LogP contribution in [0.1, 0.15) is 25.3 Å². The van der Waals surface area contributed by atoms with E-state index in [2.05, 4.69) is 4.90 Å². The summed E-state index contributed by atoms with van der Waals surface area (Å²) in [7, 11) is 0. The van der Waals surface area contributed by atoms with E-state index in [1.54, 1.807) is 12.1 Å². The maximum atomic E-state index is 9.82. The van der Waals surface area contributed by atoms with E-state index in [1.807, 2.05) is 13.0 Å². The van der Waals surface area contributed by atoms with Crippen molar-refractivity contribution in [1.82, 2.24) is 4.90 Å². The fourth-order valence-corrected chi connectivity index (χ4v) is 2.64. The van der Waals surface area contributed by atoms with Crippen LogP contribution in [0.5, 0.6) is 5.75 Å². The summed E-state index contributed by atoms with van der Waals surface area (Å²) in [6.45, 7) is 5.51. The molecule has 1 aliphatic heterocycles. The van der Waals surface area contributed by atoms with E-state index in [-0.39, 0.29) is 0 Å². The first-order chi connectivity index (χ1) is 8.69. The topological polar surface area (TPSA) is 32.7 Å². The van der Waals surface area contributed by atoms with Gasteiger partial charge in [0, 0.05) is 30.3 Å². The summed E-state index contributed by atoms with van der Waals surface area (Å²) in [5.74, 6) is 0.318. The van der Waals surface area contributed by atoms with Gasteiger partial charge < -0.3 is 9.84 Å². The molecule has 4 heteroatoms. The van der Waals surface area contributed by atoms with E-state index < -0.39 is 0 Å². The lowest BCUT2D eigenvalue weighted by Gasteiger charge is -2.32. The summed E-state index contributed by atoms with van der Waals surface area (Å²) in [6, 6.07) is 5.20. The van der Waals surface area contributed by atoms with Crippen LogP contribution in [0, 0.1) is 0 Å². The second-order valence-electron chi connectivity index (χ2n) is 4.73. The average Bonchev–Trinajstić information content (AvgIpc) is 2.35. The number of halogens is 1. The molecule has 1 aromatic rings. The van der Waals surface area contributed by atoms with Gasteiger partial charge >= 0.3 is 0 Å². The number of ether oxygens (including phenoxy) is 1. The summed E-state index contributed by atoms with van der Waals surface area (Å²) in [5, 5.41) is 10.5. The van der Waals surface area contributed by atoms with Crippen LogP contribution in [0.25, 0.3) is 0 Å². The summed E-state index contributed by atoms with van der Waals surface area (Å²) in [6.07, 6.45) is 2.60. The first-order valence-corrected chi connectivity index (χ1v) is 6.88. The third-order valence-electron chi connectivity index (χ3n) is 3.30. The molecule has 1 unspecified atom stereocenters. The van der Waals surface area contributed by atoms with Crippen LogP contribution in [0.15, 0.2) is 18.2 Å². The van der Waals surface area contributed by atoms with Crippen LogP contribution >= 0.6 is 11.6 Å². The number of nitrogens with zero attached hydrogens (tertiary/aromatic N) is 1. The Hall–Kier alpha value is -0.770. The van der Waals surface area contributed by atoms with Gasteiger partial charge in [-0.05, 0) is 44.5 Å². The molecule has 1 heterocycles. The number of likely N-dealkylation sites (tertiary alicyclic amines) is 1. The monoisotopic (exact) mass is 269 g/mol. The van der Waals surface area contributed by atoms with Crippen molar-refractivity contribution >= 4 is 11.6 Å². The van der Waals surface area contributed by atoms with E-state index in [1.165, 1.54) is 0 Å². The number of rotatable bonds is 4. The van der Waals surface area contributed by atoms with Gasteiger partial charge in [0.25, 0.3) is 0 Å². The molecule has 0 aliphatic carbocycles. The van der Waals surface area contributed by atoms with Gasteiger partial charge in [-0.25, -0.2) is 0 Å². The standard InChI is InChI=1S/C14H20ClNO2/c1-2-18-13-4-3-7-16(10-13)9-11-8-12(15)5-6-14(11)17/h5-6,8,13,17H,2-4,7,9-10H2,1H3. The van der Waals surface area contributed by atoms with Gasteiger partial charge in [0.2, 0.25) is 0 Å². The molecule has 1 aromatic carbocycles. The Balaban J connectivity index is 1.98. The zero-order chi connectivity index (χ0) is 13.0. The Bertz CT molecular complexity index is 395. The minimum atomic E-state index is 0.318. The van der Waals surface area contributed by atoms with Gasteiger partial charge in [0.05, 0.1) is 6.10 Å². The summed E-state index contributed by atoms with van der Waals surface area (Å²) in [4.78, 5) is 2.31. The molecule has 0 bridgehead atoms. The van der Waals surface area contributed by atoms with E-state index in [0.29, 0.717) is 16.9 Å². The Kier molecular flexibility index (Phi) is 4.87. The van der Waals surface area contributed by atoms with Crippen molar-refractivity contribution in [2.24, 2.45) is 0 Å². The van der Waals surface area contributed by atoms with Gasteiger partial charge in [-0.2, -0.15) is 0 Å². The van der Waals surface area contributed by atoms with Crippen LogP contribution in [0.2, 0.25) is 5.02 Å². The number of piperidine rings is 1. The first-order valence-electron chi connectivity index (χ1n) is 6.50. The summed E-state index contributed by atoms with van der Waals surface area (Å²) in [5.41, 5.74) is 0.889. The highest BCUT2D eigenvalue weighted by Gasteiger charge is 2.20. The van der Waals surface area contributed by atoms with Crippen molar-refractivity contribution in [3.05, 3.63) is 28.8 Å².